The molecule has 1 aromatic heterocycles. The van der Waals surface area contributed by atoms with Crippen molar-refractivity contribution in [3.05, 3.63) is 31.7 Å². The van der Waals surface area contributed by atoms with Crippen LogP contribution < -0.4 is 10.1 Å². The molecule has 2 rings (SSSR count). The van der Waals surface area contributed by atoms with E-state index in [9.17, 15) is 0 Å². The van der Waals surface area contributed by atoms with Crippen LogP contribution in [-0.2, 0) is 6.61 Å². The lowest BCUT2D eigenvalue weighted by atomic mass is 10.3. The normalized spacial score (nSPS) is 10.5. The van der Waals surface area contributed by atoms with Crippen LogP contribution in [0.1, 0.15) is 11.9 Å². The number of rotatable bonds is 5. The van der Waals surface area contributed by atoms with Crippen molar-refractivity contribution in [3.63, 3.8) is 0 Å². The summed E-state index contributed by atoms with van der Waals surface area (Å²) in [4.78, 5) is 0. The molecule has 0 radical (unpaired) electrons. The zero-order valence-electron chi connectivity index (χ0n) is 9.91. The van der Waals surface area contributed by atoms with E-state index < -0.39 is 0 Å². The van der Waals surface area contributed by atoms with E-state index in [2.05, 4.69) is 31.4 Å². The van der Waals surface area contributed by atoms with Gasteiger partial charge in [0.2, 0.25) is 5.13 Å². The highest BCUT2D eigenvalue weighted by molar-refractivity contribution is 9.10. The number of anilines is 1. The van der Waals surface area contributed by atoms with Crippen molar-refractivity contribution < 1.29 is 4.74 Å². The fraction of sp³-hybridized carbons (Fsp3) is 0.273. The third kappa shape index (κ3) is 3.95. The first-order chi connectivity index (χ1) is 9.10. The Labute approximate surface area is 133 Å². The Morgan fingerprint density at radius 3 is 2.84 bits per heavy atom. The predicted octanol–water partition coefficient (Wildman–Crippen LogP) is 4.62. The van der Waals surface area contributed by atoms with Crippen molar-refractivity contribution in [2.24, 2.45) is 0 Å². The van der Waals surface area contributed by atoms with E-state index in [-0.39, 0.29) is 0 Å². The third-order valence-electron chi connectivity index (χ3n) is 2.12. The largest absolute Gasteiger partial charge is 0.485 e. The summed E-state index contributed by atoms with van der Waals surface area (Å²) >= 11 is 16.8. The first-order valence-corrected chi connectivity index (χ1v) is 7.80. The average molecular weight is 383 g/mol. The smallest absolute Gasteiger partial charge is 0.205 e. The van der Waals surface area contributed by atoms with Gasteiger partial charge in [0.1, 0.15) is 12.4 Å². The Bertz CT molecular complexity index is 579. The summed E-state index contributed by atoms with van der Waals surface area (Å²) in [6.07, 6.45) is 0. The molecule has 1 heterocycles. The molecule has 0 bridgehead atoms. The Hall–Kier alpha value is -0.560. The van der Waals surface area contributed by atoms with Gasteiger partial charge in [0, 0.05) is 17.1 Å². The SMILES string of the molecule is CCNc1nnc(COc2cc(Cl)c(Br)cc2Cl)s1. The van der Waals surface area contributed by atoms with Gasteiger partial charge in [-0.1, -0.05) is 34.5 Å². The number of hydrogen-bond donors (Lipinski definition) is 1. The molecular weight excluding hydrogens is 373 g/mol. The molecule has 4 nitrogen and oxygen atoms in total. The van der Waals surface area contributed by atoms with Gasteiger partial charge in [-0.3, -0.25) is 0 Å². The molecule has 0 fully saturated rings. The molecule has 8 heteroatoms. The van der Waals surface area contributed by atoms with Gasteiger partial charge in [-0.2, -0.15) is 0 Å². The van der Waals surface area contributed by atoms with Crippen LogP contribution in [-0.4, -0.2) is 16.7 Å². The van der Waals surface area contributed by atoms with E-state index >= 15 is 0 Å². The zero-order valence-corrected chi connectivity index (χ0v) is 13.8. The maximum absolute atomic E-state index is 6.06. The summed E-state index contributed by atoms with van der Waals surface area (Å²) in [7, 11) is 0. The second kappa shape index (κ2) is 6.74. The van der Waals surface area contributed by atoms with Gasteiger partial charge in [-0.05, 0) is 28.9 Å². The topological polar surface area (TPSA) is 47.0 Å². The van der Waals surface area contributed by atoms with Crippen molar-refractivity contribution in [1.82, 2.24) is 10.2 Å². The maximum atomic E-state index is 6.06. The second-order valence-electron chi connectivity index (χ2n) is 3.52. The van der Waals surface area contributed by atoms with Crippen LogP contribution in [0.25, 0.3) is 0 Å². The van der Waals surface area contributed by atoms with E-state index in [4.69, 9.17) is 27.9 Å². The minimum absolute atomic E-state index is 0.306. The molecule has 0 aliphatic carbocycles. The van der Waals surface area contributed by atoms with Crippen LogP contribution in [0.15, 0.2) is 16.6 Å². The van der Waals surface area contributed by atoms with Gasteiger partial charge in [-0.15, -0.1) is 10.2 Å². The highest BCUT2D eigenvalue weighted by atomic mass is 79.9. The zero-order chi connectivity index (χ0) is 13.8. The first kappa shape index (κ1) is 14.8. The lowest BCUT2D eigenvalue weighted by Crippen LogP contribution is -1.95. The molecule has 1 N–H and O–H groups in total. The number of ether oxygens (including phenoxy) is 1. The Morgan fingerprint density at radius 1 is 1.32 bits per heavy atom. The fourth-order valence-electron chi connectivity index (χ4n) is 1.29. The molecule has 0 saturated carbocycles. The number of nitrogens with zero attached hydrogens (tertiary/aromatic N) is 2. The van der Waals surface area contributed by atoms with Crippen LogP contribution in [0.3, 0.4) is 0 Å². The van der Waals surface area contributed by atoms with E-state index in [1.165, 1.54) is 11.3 Å². The van der Waals surface area contributed by atoms with Gasteiger partial charge >= 0.3 is 0 Å². The number of nitrogens with one attached hydrogen (secondary N) is 1. The Balaban J connectivity index is 2.03. The quantitative estimate of drug-likeness (QED) is 0.766. The summed E-state index contributed by atoms with van der Waals surface area (Å²) < 4.78 is 6.33. The summed E-state index contributed by atoms with van der Waals surface area (Å²) in [5.74, 6) is 0.523. The second-order valence-corrected chi connectivity index (χ2v) is 6.25. The van der Waals surface area contributed by atoms with E-state index in [0.717, 1.165) is 21.2 Å². The number of hydrogen-bond acceptors (Lipinski definition) is 5. The molecule has 0 atom stereocenters. The number of halogens is 3. The molecule has 1 aromatic carbocycles. The molecule has 102 valence electrons. The van der Waals surface area contributed by atoms with Crippen molar-refractivity contribution in [3.8, 4) is 5.75 Å². The van der Waals surface area contributed by atoms with Gasteiger partial charge in [0.05, 0.1) is 10.0 Å². The predicted molar refractivity (Wildman–Crippen MR) is 82.6 cm³/mol. The molecule has 0 amide bonds. The Kier molecular flexibility index (Phi) is 5.27. The monoisotopic (exact) mass is 381 g/mol. The molecule has 0 unspecified atom stereocenters. The van der Waals surface area contributed by atoms with E-state index in [1.54, 1.807) is 12.1 Å². The number of benzene rings is 1. The maximum Gasteiger partial charge on any atom is 0.205 e. The lowest BCUT2D eigenvalue weighted by molar-refractivity contribution is 0.304. The van der Waals surface area contributed by atoms with E-state index in [1.807, 2.05) is 6.92 Å². The van der Waals surface area contributed by atoms with Crippen molar-refractivity contribution in [2.75, 3.05) is 11.9 Å². The molecule has 2 aromatic rings. The van der Waals surface area contributed by atoms with Crippen LogP contribution in [0.4, 0.5) is 5.13 Å². The van der Waals surface area contributed by atoms with Crippen molar-refractivity contribution >= 4 is 55.6 Å². The molecule has 0 aliphatic rings. The molecule has 0 saturated heterocycles. The molecular formula is C11H10BrCl2N3OS. The van der Waals surface area contributed by atoms with Crippen LogP contribution in [0.5, 0.6) is 5.75 Å². The molecule has 0 aliphatic heterocycles. The summed E-state index contributed by atoms with van der Waals surface area (Å²) in [6.45, 7) is 3.12. The van der Waals surface area contributed by atoms with Crippen molar-refractivity contribution in [2.45, 2.75) is 13.5 Å². The average Bonchev–Trinajstić information content (AvgIpc) is 2.80. The summed E-state index contributed by atoms with van der Waals surface area (Å²) in [5.41, 5.74) is 0. The van der Waals surface area contributed by atoms with Gasteiger partial charge in [-0.25, -0.2) is 0 Å². The summed E-state index contributed by atoms with van der Waals surface area (Å²) in [5, 5.41) is 13.7. The Morgan fingerprint density at radius 2 is 2.11 bits per heavy atom. The van der Waals surface area contributed by atoms with Gasteiger partial charge in [0.15, 0.2) is 5.01 Å². The molecule has 19 heavy (non-hydrogen) atoms. The minimum atomic E-state index is 0.306. The van der Waals surface area contributed by atoms with Crippen molar-refractivity contribution in [1.29, 1.82) is 0 Å². The lowest BCUT2D eigenvalue weighted by Gasteiger charge is -2.07. The number of aromatic nitrogens is 2. The minimum Gasteiger partial charge on any atom is -0.485 e. The van der Waals surface area contributed by atoms with Crippen LogP contribution >= 0.6 is 50.5 Å². The highest BCUT2D eigenvalue weighted by Gasteiger charge is 2.09. The fourth-order valence-corrected chi connectivity index (χ4v) is 2.86. The van der Waals surface area contributed by atoms with Gasteiger partial charge < -0.3 is 10.1 Å². The van der Waals surface area contributed by atoms with Gasteiger partial charge in [0.25, 0.3) is 0 Å². The standard InChI is InChI=1S/C11H10BrCl2N3OS/c1-2-15-11-17-16-10(19-11)5-18-9-4-7(13)6(12)3-8(9)14/h3-4H,2,5H2,1H3,(H,15,17). The highest BCUT2D eigenvalue weighted by Crippen LogP contribution is 2.34. The third-order valence-corrected chi connectivity index (χ3v) is 4.47. The first-order valence-electron chi connectivity index (χ1n) is 5.43. The van der Waals surface area contributed by atoms with E-state index in [0.29, 0.717) is 22.4 Å². The molecule has 0 spiro atoms. The van der Waals surface area contributed by atoms with Crippen LogP contribution in [0, 0.1) is 0 Å². The summed E-state index contributed by atoms with van der Waals surface area (Å²) in [6, 6.07) is 3.36. The van der Waals surface area contributed by atoms with Crippen LogP contribution in [0.2, 0.25) is 10.0 Å².